The molecule has 1 aliphatic carbocycles. The Bertz CT molecular complexity index is 661. The van der Waals surface area contributed by atoms with Crippen LogP contribution in [0.2, 0.25) is 0 Å². The minimum absolute atomic E-state index is 0.104. The Kier molecular flexibility index (Phi) is 4.87. The lowest BCUT2D eigenvalue weighted by Gasteiger charge is -2.32. The molecule has 0 saturated carbocycles. The van der Waals surface area contributed by atoms with Crippen molar-refractivity contribution in [3.63, 3.8) is 0 Å². The number of hydrogen-bond donors (Lipinski definition) is 1. The molecule has 2 atom stereocenters. The van der Waals surface area contributed by atoms with E-state index >= 15 is 0 Å². The molecule has 0 saturated heterocycles. The van der Waals surface area contributed by atoms with E-state index in [0.717, 1.165) is 6.42 Å². The van der Waals surface area contributed by atoms with E-state index < -0.39 is 0 Å². The third-order valence-corrected chi connectivity index (χ3v) is 5.62. The average Bonchev–Trinajstić information content (AvgIpc) is 2.70. The lowest BCUT2D eigenvalue weighted by atomic mass is 9.81. The van der Waals surface area contributed by atoms with Crippen LogP contribution < -0.4 is 5.32 Å². The highest BCUT2D eigenvalue weighted by molar-refractivity contribution is 5.50. The van der Waals surface area contributed by atoms with Crippen molar-refractivity contribution in [2.45, 2.75) is 57.4 Å². The van der Waals surface area contributed by atoms with E-state index in [1.54, 1.807) is 0 Å². The smallest absolute Gasteiger partial charge is 0.0664 e. The molecule has 3 rings (SSSR count). The number of fused-ring (bicyclic) bond motifs is 2. The van der Waals surface area contributed by atoms with Gasteiger partial charge in [0.1, 0.15) is 0 Å². The molecule has 0 aliphatic heterocycles. The molecular weight excluding hydrogens is 278 g/mol. The lowest BCUT2D eigenvalue weighted by molar-refractivity contribution is 0.480. The van der Waals surface area contributed by atoms with Crippen molar-refractivity contribution >= 4 is 0 Å². The highest BCUT2D eigenvalue weighted by atomic mass is 14.9. The van der Waals surface area contributed by atoms with Gasteiger partial charge in [-0.1, -0.05) is 74.7 Å². The Morgan fingerprint density at radius 3 is 2.43 bits per heavy atom. The largest absolute Gasteiger partial charge is 0.307 e. The summed E-state index contributed by atoms with van der Waals surface area (Å²) in [6.45, 7) is 4.62. The van der Waals surface area contributed by atoms with Gasteiger partial charge in [0.05, 0.1) is 5.54 Å². The number of benzene rings is 2. The van der Waals surface area contributed by atoms with Crippen LogP contribution in [0.25, 0.3) is 0 Å². The average molecular weight is 307 g/mol. The molecule has 1 aliphatic rings. The van der Waals surface area contributed by atoms with Crippen LogP contribution in [0.4, 0.5) is 0 Å². The second kappa shape index (κ2) is 6.88. The minimum Gasteiger partial charge on any atom is -0.307 e. The Morgan fingerprint density at radius 1 is 1.00 bits per heavy atom. The molecule has 23 heavy (non-hydrogen) atoms. The third-order valence-electron chi connectivity index (χ3n) is 5.62. The molecular formula is C22H29N. The molecule has 122 valence electrons. The second-order valence-corrected chi connectivity index (χ2v) is 7.02. The number of unbranched alkanes of at least 4 members (excludes halogenated alkanes) is 2. The lowest BCUT2D eigenvalue weighted by Crippen LogP contribution is -2.38. The fraction of sp³-hybridized carbons (Fsp3) is 0.455. The number of rotatable bonds is 5. The molecule has 0 amide bonds. The van der Waals surface area contributed by atoms with E-state index in [0.29, 0.717) is 5.92 Å². The van der Waals surface area contributed by atoms with Gasteiger partial charge >= 0.3 is 0 Å². The summed E-state index contributed by atoms with van der Waals surface area (Å²) < 4.78 is 0. The van der Waals surface area contributed by atoms with Gasteiger partial charge in [-0.3, -0.25) is 0 Å². The summed E-state index contributed by atoms with van der Waals surface area (Å²) in [5.74, 6) is 0.633. The maximum Gasteiger partial charge on any atom is 0.0664 e. The first kappa shape index (κ1) is 16.3. The highest BCUT2D eigenvalue weighted by Crippen LogP contribution is 2.42. The second-order valence-electron chi connectivity index (χ2n) is 7.02. The molecule has 2 aromatic rings. The molecule has 0 bridgehead atoms. The summed E-state index contributed by atoms with van der Waals surface area (Å²) in [7, 11) is 2.09. The van der Waals surface area contributed by atoms with Crippen LogP contribution in [0.5, 0.6) is 0 Å². The predicted molar refractivity (Wildman–Crippen MR) is 99.0 cm³/mol. The van der Waals surface area contributed by atoms with E-state index in [4.69, 9.17) is 0 Å². The van der Waals surface area contributed by atoms with Crippen LogP contribution in [0.3, 0.4) is 0 Å². The maximum atomic E-state index is 3.62. The summed E-state index contributed by atoms with van der Waals surface area (Å²) >= 11 is 0. The Morgan fingerprint density at radius 2 is 1.70 bits per heavy atom. The first-order valence-electron chi connectivity index (χ1n) is 9.07. The van der Waals surface area contributed by atoms with Crippen LogP contribution in [-0.4, -0.2) is 7.05 Å². The molecule has 0 spiro atoms. The topological polar surface area (TPSA) is 12.0 Å². The van der Waals surface area contributed by atoms with E-state index in [1.807, 2.05) is 0 Å². The summed E-state index contributed by atoms with van der Waals surface area (Å²) in [6.07, 6.45) is 6.41. The first-order valence-corrected chi connectivity index (χ1v) is 9.07. The fourth-order valence-electron chi connectivity index (χ4n) is 4.18. The van der Waals surface area contributed by atoms with Gasteiger partial charge in [0.2, 0.25) is 0 Å². The van der Waals surface area contributed by atoms with Crippen LogP contribution in [0.1, 0.15) is 67.7 Å². The molecule has 2 aromatic carbocycles. The first-order chi connectivity index (χ1) is 11.2. The monoisotopic (exact) mass is 307 g/mol. The Hall–Kier alpha value is -1.60. The van der Waals surface area contributed by atoms with Gasteiger partial charge in [0.15, 0.2) is 0 Å². The number of nitrogens with one attached hydrogen (secondary N) is 1. The normalized spacial score (nSPS) is 23.0. The zero-order valence-corrected chi connectivity index (χ0v) is 14.7. The summed E-state index contributed by atoms with van der Waals surface area (Å²) in [6, 6.07) is 18.1. The molecule has 0 aromatic heterocycles. The Labute approximate surface area is 141 Å². The third kappa shape index (κ3) is 2.95. The van der Waals surface area contributed by atoms with Crippen molar-refractivity contribution in [1.82, 2.24) is 5.32 Å². The fourth-order valence-corrected chi connectivity index (χ4v) is 4.18. The van der Waals surface area contributed by atoms with Crippen LogP contribution in [0.15, 0.2) is 48.5 Å². The van der Waals surface area contributed by atoms with Gasteiger partial charge in [0, 0.05) is 0 Å². The van der Waals surface area contributed by atoms with Gasteiger partial charge in [-0.2, -0.15) is 0 Å². The molecule has 0 heterocycles. The van der Waals surface area contributed by atoms with Crippen molar-refractivity contribution in [3.05, 3.63) is 70.8 Å². The SMILES string of the molecule is CCCCC[C@H]1Cc2ccccc2[C@@](C)(NC)c2ccccc21. The van der Waals surface area contributed by atoms with Crippen LogP contribution in [-0.2, 0) is 12.0 Å². The van der Waals surface area contributed by atoms with Gasteiger partial charge < -0.3 is 5.32 Å². The zero-order valence-electron chi connectivity index (χ0n) is 14.7. The van der Waals surface area contributed by atoms with Crippen molar-refractivity contribution in [3.8, 4) is 0 Å². The van der Waals surface area contributed by atoms with E-state index in [9.17, 15) is 0 Å². The van der Waals surface area contributed by atoms with Gasteiger partial charge in [0.25, 0.3) is 0 Å². The van der Waals surface area contributed by atoms with Crippen LogP contribution >= 0.6 is 0 Å². The summed E-state index contributed by atoms with van der Waals surface area (Å²) in [5.41, 5.74) is 5.83. The van der Waals surface area contributed by atoms with Crippen molar-refractivity contribution in [2.75, 3.05) is 7.05 Å². The van der Waals surface area contributed by atoms with E-state index in [-0.39, 0.29) is 5.54 Å². The van der Waals surface area contributed by atoms with Crippen LogP contribution in [0, 0.1) is 0 Å². The molecule has 1 N–H and O–H groups in total. The van der Waals surface area contributed by atoms with Gasteiger partial charge in [-0.25, -0.2) is 0 Å². The summed E-state index contributed by atoms with van der Waals surface area (Å²) in [4.78, 5) is 0. The van der Waals surface area contributed by atoms with E-state index in [1.165, 1.54) is 47.9 Å². The predicted octanol–water partition coefficient (Wildman–Crippen LogP) is 5.39. The van der Waals surface area contributed by atoms with Gasteiger partial charge in [-0.15, -0.1) is 0 Å². The molecule has 0 radical (unpaired) electrons. The Balaban J connectivity index is 2.11. The van der Waals surface area contributed by atoms with Gasteiger partial charge in [-0.05, 0) is 55.0 Å². The zero-order chi connectivity index (χ0) is 16.3. The highest BCUT2D eigenvalue weighted by Gasteiger charge is 2.35. The summed E-state index contributed by atoms with van der Waals surface area (Å²) in [5, 5.41) is 3.62. The van der Waals surface area contributed by atoms with E-state index in [2.05, 4.69) is 74.7 Å². The standard InChI is InChI=1S/C22H29N/c1-4-5-6-11-17-16-18-12-7-9-14-20(18)22(2,23-3)21-15-10-8-13-19(17)21/h7-10,12-15,17,23H,4-6,11,16H2,1-3H3/t17-,22+/m0/s1. The number of hydrogen-bond acceptors (Lipinski definition) is 1. The van der Waals surface area contributed by atoms with Crippen molar-refractivity contribution in [1.29, 1.82) is 0 Å². The quantitative estimate of drug-likeness (QED) is 0.730. The maximum absolute atomic E-state index is 3.62. The minimum atomic E-state index is -0.104. The molecule has 0 fully saturated rings. The molecule has 0 unspecified atom stereocenters. The van der Waals surface area contributed by atoms with Crippen molar-refractivity contribution < 1.29 is 0 Å². The van der Waals surface area contributed by atoms with Crippen molar-refractivity contribution in [2.24, 2.45) is 0 Å². The molecule has 1 heteroatoms. The molecule has 1 nitrogen and oxygen atoms in total.